The zero-order chi connectivity index (χ0) is 31.2. The van der Waals surface area contributed by atoms with Crippen LogP contribution in [0, 0.1) is 18.7 Å². The number of hydrogen-bond donors (Lipinski definition) is 1. The molecule has 1 aromatic heterocycles. The molecule has 8 nitrogen and oxygen atoms in total. The number of ether oxygens (including phenoxy) is 2. The predicted octanol–water partition coefficient (Wildman–Crippen LogP) is 6.36. The van der Waals surface area contributed by atoms with E-state index in [4.69, 9.17) is 9.47 Å². The maximum atomic E-state index is 14.4. The van der Waals surface area contributed by atoms with Crippen molar-refractivity contribution in [2.24, 2.45) is 5.92 Å². The van der Waals surface area contributed by atoms with Gasteiger partial charge >= 0.3 is 5.97 Å². The topological polar surface area (TPSA) is 92.2 Å². The van der Waals surface area contributed by atoms with Gasteiger partial charge in [0.1, 0.15) is 5.82 Å². The Morgan fingerprint density at radius 2 is 1.84 bits per heavy atom. The third-order valence-electron chi connectivity index (χ3n) is 8.92. The fourth-order valence-corrected chi connectivity index (χ4v) is 6.83. The quantitative estimate of drug-likeness (QED) is 0.243. The lowest BCUT2D eigenvalue weighted by atomic mass is 9.83. The summed E-state index contributed by atoms with van der Waals surface area (Å²) in [6.07, 6.45) is 6.29. The van der Waals surface area contributed by atoms with Gasteiger partial charge in [0.25, 0.3) is 0 Å². The van der Waals surface area contributed by atoms with E-state index in [0.717, 1.165) is 36.9 Å². The normalized spacial score (nSPS) is 19.4. The number of aryl methyl sites for hydroxylation is 2. The van der Waals surface area contributed by atoms with Gasteiger partial charge in [0.05, 0.1) is 12.5 Å². The average molecular weight is 604 g/mol. The number of hydrogen-bond acceptors (Lipinski definition) is 6. The standard InChI is InChI=1S/C35H42FN3O5/c1-4-8-26(9-5-2)39(27-13-14-29(36)23(3)18-27)33(40)21-38-20-28(24-11-16-31-32(19-24)44-22-43-31)34(35(41)42)30(38)15-12-25-10-6-7-17-37-25/h6-7,10-11,13-14,16-19,26,28,30,34H,4-5,8-9,12,15,20-22H2,1-3H3,(H,41,42)/t28-,30+,34?/m1/s1. The van der Waals surface area contributed by atoms with Gasteiger partial charge < -0.3 is 19.5 Å². The van der Waals surface area contributed by atoms with Gasteiger partial charge in [-0.05, 0) is 86.2 Å². The molecule has 0 aliphatic carbocycles. The molecule has 1 saturated heterocycles. The number of anilines is 1. The molecule has 1 amide bonds. The van der Waals surface area contributed by atoms with Crippen molar-refractivity contribution in [1.82, 2.24) is 9.88 Å². The van der Waals surface area contributed by atoms with Crippen molar-refractivity contribution >= 4 is 17.6 Å². The van der Waals surface area contributed by atoms with Crippen molar-refractivity contribution < 1.29 is 28.6 Å². The second kappa shape index (κ2) is 14.2. The fourth-order valence-electron chi connectivity index (χ4n) is 6.83. The smallest absolute Gasteiger partial charge is 0.308 e. The van der Waals surface area contributed by atoms with Crippen molar-refractivity contribution in [3.05, 3.63) is 83.4 Å². The highest BCUT2D eigenvalue weighted by molar-refractivity contribution is 5.95. The molecule has 9 heteroatoms. The molecule has 1 unspecified atom stereocenters. The Hall–Kier alpha value is -3.98. The Balaban J connectivity index is 1.49. The van der Waals surface area contributed by atoms with Gasteiger partial charge in [0, 0.05) is 42.1 Å². The number of benzene rings is 2. The number of carbonyl (C=O) groups excluding carboxylic acids is 1. The minimum Gasteiger partial charge on any atom is -0.481 e. The largest absolute Gasteiger partial charge is 0.481 e. The van der Waals surface area contributed by atoms with Crippen LogP contribution in [0.1, 0.15) is 68.7 Å². The number of nitrogens with zero attached hydrogens (tertiary/aromatic N) is 3. The number of halogens is 1. The lowest BCUT2D eigenvalue weighted by Crippen LogP contribution is -2.48. The van der Waals surface area contributed by atoms with Crippen LogP contribution in [0.15, 0.2) is 60.8 Å². The molecule has 2 aliphatic rings. The van der Waals surface area contributed by atoms with Crippen molar-refractivity contribution in [1.29, 1.82) is 0 Å². The van der Waals surface area contributed by atoms with Gasteiger partial charge in [-0.25, -0.2) is 4.39 Å². The van der Waals surface area contributed by atoms with Gasteiger partial charge in [-0.15, -0.1) is 0 Å². The van der Waals surface area contributed by atoms with E-state index >= 15 is 0 Å². The van der Waals surface area contributed by atoms with Gasteiger partial charge in [0.15, 0.2) is 11.5 Å². The van der Waals surface area contributed by atoms with Crippen LogP contribution in [0.3, 0.4) is 0 Å². The van der Waals surface area contributed by atoms with Crippen LogP contribution in [-0.4, -0.2) is 58.8 Å². The van der Waals surface area contributed by atoms with E-state index in [-0.39, 0.29) is 37.0 Å². The lowest BCUT2D eigenvalue weighted by molar-refractivity contribution is -0.143. The van der Waals surface area contributed by atoms with E-state index in [9.17, 15) is 19.1 Å². The Morgan fingerprint density at radius 3 is 2.52 bits per heavy atom. The molecule has 3 heterocycles. The monoisotopic (exact) mass is 603 g/mol. The van der Waals surface area contributed by atoms with Crippen molar-refractivity contribution in [2.75, 3.05) is 24.8 Å². The number of carboxylic acid groups (broad SMARTS) is 1. The predicted molar refractivity (Wildman–Crippen MR) is 167 cm³/mol. The molecule has 2 aromatic carbocycles. The summed E-state index contributed by atoms with van der Waals surface area (Å²) in [5, 5.41) is 10.6. The van der Waals surface area contributed by atoms with E-state index in [1.165, 1.54) is 6.07 Å². The molecule has 0 saturated carbocycles. The molecule has 0 bridgehead atoms. The summed E-state index contributed by atoms with van der Waals surface area (Å²) in [7, 11) is 0. The van der Waals surface area contributed by atoms with Gasteiger partial charge in [-0.3, -0.25) is 19.5 Å². The fraction of sp³-hybridized carbons (Fsp3) is 0.457. The molecule has 0 radical (unpaired) electrons. The molecular formula is C35H42FN3O5. The number of likely N-dealkylation sites (tertiary alicyclic amines) is 1. The number of fused-ring (bicyclic) bond motifs is 1. The molecule has 234 valence electrons. The van der Waals surface area contributed by atoms with Crippen LogP contribution < -0.4 is 14.4 Å². The Labute approximate surface area is 258 Å². The molecule has 2 aliphatic heterocycles. The maximum Gasteiger partial charge on any atom is 0.308 e. The summed E-state index contributed by atoms with van der Waals surface area (Å²) < 4.78 is 25.4. The Kier molecular flexibility index (Phi) is 10.1. The van der Waals surface area contributed by atoms with Crippen LogP contribution in [0.2, 0.25) is 0 Å². The number of aromatic nitrogens is 1. The molecular weight excluding hydrogens is 561 g/mol. The first-order chi connectivity index (χ1) is 21.3. The first kappa shape index (κ1) is 31.4. The first-order valence-corrected chi connectivity index (χ1v) is 15.6. The zero-order valence-electron chi connectivity index (χ0n) is 25.7. The maximum absolute atomic E-state index is 14.4. The number of aliphatic carboxylic acids is 1. The summed E-state index contributed by atoms with van der Waals surface area (Å²) in [6, 6.07) is 15.7. The van der Waals surface area contributed by atoms with Crippen LogP contribution in [0.4, 0.5) is 10.1 Å². The molecule has 1 N–H and O–H groups in total. The molecule has 3 aromatic rings. The molecule has 3 atom stereocenters. The highest BCUT2D eigenvalue weighted by Crippen LogP contribution is 2.43. The second-order valence-electron chi connectivity index (χ2n) is 11.9. The summed E-state index contributed by atoms with van der Waals surface area (Å²) in [5.74, 6) is -1.17. The second-order valence-corrected chi connectivity index (χ2v) is 11.9. The first-order valence-electron chi connectivity index (χ1n) is 15.6. The molecule has 0 spiro atoms. The highest BCUT2D eigenvalue weighted by atomic mass is 19.1. The van der Waals surface area contributed by atoms with E-state index in [1.54, 1.807) is 25.3 Å². The lowest BCUT2D eigenvalue weighted by Gasteiger charge is -2.35. The van der Waals surface area contributed by atoms with E-state index in [0.29, 0.717) is 42.1 Å². The minimum atomic E-state index is -0.894. The van der Waals surface area contributed by atoms with Crippen molar-refractivity contribution in [3.8, 4) is 11.5 Å². The van der Waals surface area contributed by atoms with Crippen LogP contribution in [0.5, 0.6) is 11.5 Å². The number of carbonyl (C=O) groups is 2. The van der Waals surface area contributed by atoms with E-state index in [1.807, 2.05) is 46.2 Å². The molecule has 44 heavy (non-hydrogen) atoms. The van der Waals surface area contributed by atoms with Crippen LogP contribution >= 0.6 is 0 Å². The van der Waals surface area contributed by atoms with Gasteiger partial charge in [-0.1, -0.05) is 38.8 Å². The summed E-state index contributed by atoms with van der Waals surface area (Å²) in [4.78, 5) is 35.6. The summed E-state index contributed by atoms with van der Waals surface area (Å²) in [6.45, 7) is 6.49. The third kappa shape index (κ3) is 6.88. The zero-order valence-corrected chi connectivity index (χ0v) is 25.7. The average Bonchev–Trinajstić information content (AvgIpc) is 3.63. The Morgan fingerprint density at radius 1 is 1.07 bits per heavy atom. The number of pyridine rings is 1. The van der Waals surface area contributed by atoms with Gasteiger partial charge in [-0.2, -0.15) is 0 Å². The van der Waals surface area contributed by atoms with Crippen LogP contribution in [0.25, 0.3) is 0 Å². The van der Waals surface area contributed by atoms with E-state index in [2.05, 4.69) is 18.8 Å². The number of amides is 1. The van der Waals surface area contributed by atoms with Crippen molar-refractivity contribution in [3.63, 3.8) is 0 Å². The minimum absolute atomic E-state index is 0.0446. The van der Waals surface area contributed by atoms with Crippen molar-refractivity contribution in [2.45, 2.75) is 77.3 Å². The van der Waals surface area contributed by atoms with Crippen LogP contribution in [-0.2, 0) is 16.0 Å². The Bertz CT molecular complexity index is 1450. The third-order valence-corrected chi connectivity index (χ3v) is 8.92. The SMILES string of the molecule is CCCC(CCC)N(C(=O)CN1C[C@H](c2ccc3c(c2)OCO3)C(C(=O)O)[C@@H]1CCc1ccccn1)c1ccc(F)c(C)c1. The van der Waals surface area contributed by atoms with Gasteiger partial charge in [0.2, 0.25) is 12.7 Å². The number of rotatable bonds is 13. The number of carboxylic acids is 1. The molecule has 1 fully saturated rings. The van der Waals surface area contributed by atoms with E-state index < -0.39 is 17.9 Å². The molecule has 5 rings (SSSR count). The summed E-state index contributed by atoms with van der Waals surface area (Å²) >= 11 is 0. The highest BCUT2D eigenvalue weighted by Gasteiger charge is 2.47. The summed E-state index contributed by atoms with van der Waals surface area (Å²) in [5.41, 5.74) is 2.88.